The van der Waals surface area contributed by atoms with E-state index < -0.39 is 0 Å². The van der Waals surface area contributed by atoms with Crippen molar-refractivity contribution >= 4 is 17.2 Å². The molecule has 1 heterocycles. The maximum Gasteiger partial charge on any atom is 0.228 e. The molecule has 1 unspecified atom stereocenters. The van der Waals surface area contributed by atoms with Crippen molar-refractivity contribution in [2.24, 2.45) is 0 Å². The lowest BCUT2D eigenvalue weighted by molar-refractivity contribution is -0.131. The number of aromatic nitrogens is 1. The molecule has 0 saturated heterocycles. The van der Waals surface area contributed by atoms with Crippen molar-refractivity contribution in [3.63, 3.8) is 0 Å². The van der Waals surface area contributed by atoms with E-state index in [1.54, 1.807) is 24.1 Å². The van der Waals surface area contributed by atoms with E-state index in [0.717, 1.165) is 21.8 Å². The molecule has 0 N–H and O–H groups in total. The van der Waals surface area contributed by atoms with Gasteiger partial charge in [-0.1, -0.05) is 42.5 Å². The van der Waals surface area contributed by atoms with E-state index in [2.05, 4.69) is 4.98 Å². The first-order valence-corrected chi connectivity index (χ1v) is 8.93. The van der Waals surface area contributed by atoms with Crippen LogP contribution in [0.2, 0.25) is 0 Å². The average molecular weight is 354 g/mol. The van der Waals surface area contributed by atoms with Gasteiger partial charge in [0.2, 0.25) is 5.91 Å². The molecule has 128 valence electrons. The van der Waals surface area contributed by atoms with Crippen LogP contribution in [0.5, 0.6) is 0 Å². The van der Waals surface area contributed by atoms with Crippen molar-refractivity contribution in [3.05, 3.63) is 77.1 Å². The summed E-state index contributed by atoms with van der Waals surface area (Å²) in [5.41, 5.74) is 2.73. The molecule has 2 aromatic carbocycles. The molecule has 0 radical (unpaired) electrons. The molecule has 3 rings (SSSR count). The molecule has 5 heteroatoms. The molecule has 1 amide bonds. The van der Waals surface area contributed by atoms with Crippen LogP contribution >= 0.6 is 11.3 Å². The summed E-state index contributed by atoms with van der Waals surface area (Å²) in [5.74, 6) is -0.289. The van der Waals surface area contributed by atoms with Crippen LogP contribution in [0.3, 0.4) is 0 Å². The summed E-state index contributed by atoms with van der Waals surface area (Å²) in [6, 6.07) is 16.0. The zero-order valence-electron chi connectivity index (χ0n) is 14.1. The van der Waals surface area contributed by atoms with Crippen LogP contribution in [0.4, 0.5) is 4.39 Å². The fourth-order valence-corrected chi connectivity index (χ4v) is 3.39. The summed E-state index contributed by atoms with van der Waals surface area (Å²) in [6.07, 6.45) is 0.255. The van der Waals surface area contributed by atoms with Gasteiger partial charge in [0.05, 0.1) is 18.2 Å². The van der Waals surface area contributed by atoms with E-state index in [1.165, 1.54) is 23.5 Å². The maximum atomic E-state index is 13.1. The van der Waals surface area contributed by atoms with Gasteiger partial charge in [-0.2, -0.15) is 0 Å². The first-order chi connectivity index (χ1) is 12.0. The van der Waals surface area contributed by atoms with Crippen molar-refractivity contribution in [1.82, 2.24) is 9.88 Å². The number of likely N-dealkylation sites (N-methyl/N-ethyl adjacent to an activating group) is 1. The monoisotopic (exact) mass is 354 g/mol. The van der Waals surface area contributed by atoms with Gasteiger partial charge in [0, 0.05) is 18.0 Å². The number of amides is 1. The highest BCUT2D eigenvalue weighted by Crippen LogP contribution is 2.24. The van der Waals surface area contributed by atoms with E-state index in [1.807, 2.05) is 42.6 Å². The molecule has 3 aromatic rings. The highest BCUT2D eigenvalue weighted by atomic mass is 32.1. The number of halogens is 1. The Balaban J connectivity index is 1.67. The molecule has 1 atom stereocenters. The zero-order valence-corrected chi connectivity index (χ0v) is 15.0. The molecule has 0 fully saturated rings. The van der Waals surface area contributed by atoms with E-state index >= 15 is 0 Å². The number of benzene rings is 2. The lowest BCUT2D eigenvalue weighted by Gasteiger charge is -2.25. The summed E-state index contributed by atoms with van der Waals surface area (Å²) in [5, 5.41) is 2.84. The SMILES string of the molecule is CC(c1ccc(F)cc1)N(C)C(=O)Cc1csc(-c2ccccc2)n1. The Morgan fingerprint density at radius 1 is 1.16 bits per heavy atom. The Labute approximate surface area is 150 Å². The van der Waals surface area contributed by atoms with Crippen LogP contribution < -0.4 is 0 Å². The minimum Gasteiger partial charge on any atom is -0.339 e. The van der Waals surface area contributed by atoms with Gasteiger partial charge in [-0.25, -0.2) is 9.37 Å². The smallest absolute Gasteiger partial charge is 0.228 e. The number of carbonyl (C=O) groups excluding carboxylic acids is 1. The average Bonchev–Trinajstić information content (AvgIpc) is 3.10. The van der Waals surface area contributed by atoms with E-state index in [9.17, 15) is 9.18 Å². The molecular formula is C20H19FN2OS. The highest BCUT2D eigenvalue weighted by molar-refractivity contribution is 7.13. The molecule has 3 nitrogen and oxygen atoms in total. The molecule has 0 aliphatic rings. The molecule has 0 saturated carbocycles. The highest BCUT2D eigenvalue weighted by Gasteiger charge is 2.19. The number of carbonyl (C=O) groups is 1. The first kappa shape index (κ1) is 17.3. The van der Waals surface area contributed by atoms with E-state index in [-0.39, 0.29) is 24.2 Å². The quantitative estimate of drug-likeness (QED) is 0.665. The lowest BCUT2D eigenvalue weighted by Crippen LogP contribution is -2.31. The van der Waals surface area contributed by atoms with E-state index in [4.69, 9.17) is 0 Å². The summed E-state index contributed by atoms with van der Waals surface area (Å²) < 4.78 is 13.1. The predicted octanol–water partition coefficient (Wildman–Crippen LogP) is 4.71. The minimum absolute atomic E-state index is 0.0123. The minimum atomic E-state index is -0.277. The van der Waals surface area contributed by atoms with Gasteiger partial charge in [0.25, 0.3) is 0 Å². The van der Waals surface area contributed by atoms with Gasteiger partial charge in [-0.3, -0.25) is 4.79 Å². The van der Waals surface area contributed by atoms with Gasteiger partial charge in [0.15, 0.2) is 0 Å². The van der Waals surface area contributed by atoms with Crippen molar-refractivity contribution in [1.29, 1.82) is 0 Å². The van der Waals surface area contributed by atoms with Gasteiger partial charge in [0.1, 0.15) is 10.8 Å². The first-order valence-electron chi connectivity index (χ1n) is 8.05. The largest absolute Gasteiger partial charge is 0.339 e. The second-order valence-electron chi connectivity index (χ2n) is 5.92. The number of thiazole rings is 1. The molecule has 0 spiro atoms. The molecule has 0 aliphatic carbocycles. The third-order valence-electron chi connectivity index (χ3n) is 4.23. The Bertz CT molecular complexity index is 846. The van der Waals surface area contributed by atoms with Gasteiger partial charge < -0.3 is 4.90 Å². The van der Waals surface area contributed by atoms with Crippen LogP contribution in [0.1, 0.15) is 24.2 Å². The molecular weight excluding hydrogens is 335 g/mol. The third kappa shape index (κ3) is 4.12. The van der Waals surface area contributed by atoms with Crippen LogP contribution in [0.25, 0.3) is 10.6 Å². The number of hydrogen-bond acceptors (Lipinski definition) is 3. The summed E-state index contributed by atoms with van der Waals surface area (Å²) in [7, 11) is 1.76. The number of rotatable bonds is 5. The molecule has 1 aromatic heterocycles. The van der Waals surface area contributed by atoms with Crippen molar-refractivity contribution < 1.29 is 9.18 Å². The second kappa shape index (κ2) is 7.57. The number of nitrogens with zero attached hydrogens (tertiary/aromatic N) is 2. The standard InChI is InChI=1S/C20H19FN2OS/c1-14(15-8-10-17(21)11-9-15)23(2)19(24)12-18-13-25-20(22-18)16-6-4-3-5-7-16/h3-11,13-14H,12H2,1-2H3. The second-order valence-corrected chi connectivity index (χ2v) is 6.78. The van der Waals surface area contributed by atoms with Gasteiger partial charge in [-0.05, 0) is 24.6 Å². The Kier molecular flexibility index (Phi) is 5.24. The lowest BCUT2D eigenvalue weighted by atomic mass is 10.1. The fourth-order valence-electron chi connectivity index (χ4n) is 2.56. The van der Waals surface area contributed by atoms with Crippen LogP contribution in [-0.2, 0) is 11.2 Å². The molecule has 25 heavy (non-hydrogen) atoms. The Morgan fingerprint density at radius 3 is 2.52 bits per heavy atom. The van der Waals surface area contributed by atoms with Crippen LogP contribution in [0.15, 0.2) is 60.0 Å². The third-order valence-corrected chi connectivity index (χ3v) is 5.17. The van der Waals surface area contributed by atoms with Crippen molar-refractivity contribution in [2.75, 3.05) is 7.05 Å². The zero-order chi connectivity index (χ0) is 17.8. The van der Waals surface area contributed by atoms with Gasteiger partial charge in [-0.15, -0.1) is 11.3 Å². The summed E-state index contributed by atoms with van der Waals surface area (Å²) in [6.45, 7) is 1.93. The van der Waals surface area contributed by atoms with Crippen LogP contribution in [-0.4, -0.2) is 22.8 Å². The summed E-state index contributed by atoms with van der Waals surface area (Å²) in [4.78, 5) is 18.8. The van der Waals surface area contributed by atoms with Crippen molar-refractivity contribution in [2.45, 2.75) is 19.4 Å². The topological polar surface area (TPSA) is 33.2 Å². The van der Waals surface area contributed by atoms with Gasteiger partial charge >= 0.3 is 0 Å². The van der Waals surface area contributed by atoms with E-state index in [0.29, 0.717) is 0 Å². The number of hydrogen-bond donors (Lipinski definition) is 0. The maximum absolute atomic E-state index is 13.1. The fraction of sp³-hybridized carbons (Fsp3) is 0.200. The molecule has 0 bridgehead atoms. The van der Waals surface area contributed by atoms with Crippen molar-refractivity contribution in [3.8, 4) is 10.6 Å². The Hall–Kier alpha value is -2.53. The normalized spacial score (nSPS) is 12.0. The molecule has 0 aliphatic heterocycles. The Morgan fingerprint density at radius 2 is 1.84 bits per heavy atom. The van der Waals surface area contributed by atoms with Crippen LogP contribution in [0, 0.1) is 5.82 Å². The predicted molar refractivity (Wildman–Crippen MR) is 98.8 cm³/mol. The summed E-state index contributed by atoms with van der Waals surface area (Å²) >= 11 is 1.54.